The highest BCUT2D eigenvalue weighted by atomic mass is 19.4. The molecule has 20 heteroatoms. The number of para-hydroxylation sites is 1. The third kappa shape index (κ3) is 10.5. The van der Waals surface area contributed by atoms with Crippen LogP contribution >= 0.6 is 0 Å². The summed E-state index contributed by atoms with van der Waals surface area (Å²) >= 11 is 0. The number of carbonyl (C=O) groups excluding carboxylic acids is 1. The minimum absolute atomic E-state index is 0.00214. The molecule has 4 aromatic carbocycles. The van der Waals surface area contributed by atoms with E-state index in [0.717, 1.165) is 36.4 Å². The zero-order valence-corrected chi connectivity index (χ0v) is 34.1. The molecular weight excluding hydrogens is 830 g/mol. The van der Waals surface area contributed by atoms with E-state index in [4.69, 9.17) is 14.2 Å². The summed E-state index contributed by atoms with van der Waals surface area (Å²) < 4.78 is 103. The van der Waals surface area contributed by atoms with E-state index in [2.05, 4.69) is 5.32 Å². The number of carbonyl (C=O) groups is 2. The van der Waals surface area contributed by atoms with Gasteiger partial charge in [0.05, 0.1) is 40.2 Å². The second-order valence-corrected chi connectivity index (χ2v) is 15.5. The number of hydrogen-bond acceptors (Lipinski definition) is 11. The number of piperazine rings is 2. The molecule has 6 rings (SSSR count). The van der Waals surface area contributed by atoms with Crippen LogP contribution in [-0.2, 0) is 23.6 Å². The molecule has 0 bridgehead atoms. The molecule has 1 amide bonds. The number of carboxylic acids is 1. The van der Waals surface area contributed by atoms with E-state index >= 15 is 13.2 Å². The first-order valence-electron chi connectivity index (χ1n) is 19.4. The molecule has 2 N–H and O–H groups in total. The number of hydrogen-bond donors (Lipinski definition) is 2. The summed E-state index contributed by atoms with van der Waals surface area (Å²) in [5.41, 5.74) is -2.65. The largest absolute Gasteiger partial charge is 0.493 e. The SMILES string of the molecule is COc1cccc(CNc2cc(C(F)(F)F)c(N3CCN(c4cccc(C(F)(F)F)c4)CC3)cc2N2CCN(C(=O)OC(C)(C)C)CC2)c1Oc1ccc([N+](=O)[O-])cc1C(=O)O. The first-order valence-corrected chi connectivity index (χ1v) is 19.4. The standard InChI is InChI=1S/C42H44F6N6O8/c1-40(2,3)62-39(57)53-19-17-52(18-20-53)34-24-33(51-15-13-50(14-16-51)28-9-6-8-27(21-28)41(43,44)45)31(42(46,47)48)23-32(34)49-25-26-7-5-10-36(60-4)37(26)61-35-12-11-29(54(58)59)22-30(35)38(55)56/h5-12,21-24,49H,13-20,25H2,1-4H3,(H,55,56). The Morgan fingerprint density at radius 2 is 1.40 bits per heavy atom. The van der Waals surface area contributed by atoms with Crippen LogP contribution < -0.4 is 29.5 Å². The Hall–Kier alpha value is -6.60. The molecule has 0 spiro atoms. The van der Waals surface area contributed by atoms with Crippen molar-refractivity contribution in [3.05, 3.63) is 105 Å². The molecule has 14 nitrogen and oxygen atoms in total. The van der Waals surface area contributed by atoms with Crippen LogP contribution in [-0.4, -0.2) is 92.1 Å². The Kier molecular flexibility index (Phi) is 12.9. The maximum absolute atomic E-state index is 15.1. The van der Waals surface area contributed by atoms with Crippen LogP contribution in [0.2, 0.25) is 0 Å². The average Bonchev–Trinajstić information content (AvgIpc) is 3.22. The number of non-ortho nitro benzene ring substituents is 1. The molecule has 0 unspecified atom stereocenters. The number of alkyl halides is 6. The monoisotopic (exact) mass is 874 g/mol. The molecule has 2 aliphatic heterocycles. The van der Waals surface area contributed by atoms with Gasteiger partial charge in [-0.2, -0.15) is 26.3 Å². The molecule has 2 fully saturated rings. The van der Waals surface area contributed by atoms with Gasteiger partial charge in [-0.15, -0.1) is 0 Å². The Morgan fingerprint density at radius 3 is 2.00 bits per heavy atom. The molecule has 4 aromatic rings. The summed E-state index contributed by atoms with van der Waals surface area (Å²) in [6.07, 6.45) is -9.96. The Balaban J connectivity index is 1.35. The molecule has 2 saturated heterocycles. The number of ether oxygens (including phenoxy) is 3. The lowest BCUT2D eigenvalue weighted by Gasteiger charge is -2.40. The normalized spacial score (nSPS) is 15.0. The van der Waals surface area contributed by atoms with Crippen LogP contribution in [0.25, 0.3) is 0 Å². The summed E-state index contributed by atoms with van der Waals surface area (Å²) in [6.45, 7) is 6.23. The van der Waals surface area contributed by atoms with Crippen molar-refractivity contribution in [3.8, 4) is 17.2 Å². The number of benzene rings is 4. The number of nitrogens with one attached hydrogen (secondary N) is 1. The van der Waals surface area contributed by atoms with E-state index < -0.39 is 57.3 Å². The first-order chi connectivity index (χ1) is 29.1. The second-order valence-electron chi connectivity index (χ2n) is 15.5. The molecule has 0 atom stereocenters. The third-order valence-electron chi connectivity index (χ3n) is 10.2. The summed E-state index contributed by atoms with van der Waals surface area (Å²) in [4.78, 5) is 42.2. The number of nitrogens with zero attached hydrogens (tertiary/aromatic N) is 5. The van der Waals surface area contributed by atoms with Gasteiger partial charge in [0, 0.05) is 82.3 Å². The van der Waals surface area contributed by atoms with Crippen molar-refractivity contribution >= 4 is 40.5 Å². The van der Waals surface area contributed by atoms with E-state index in [-0.39, 0.29) is 87.5 Å². The molecule has 332 valence electrons. The van der Waals surface area contributed by atoms with Crippen molar-refractivity contribution in [3.63, 3.8) is 0 Å². The summed E-state index contributed by atoms with van der Waals surface area (Å²) in [7, 11) is 1.33. The summed E-state index contributed by atoms with van der Waals surface area (Å²) in [5.74, 6) is -1.63. The Bertz CT molecular complexity index is 2300. The molecule has 0 radical (unpaired) electrons. The third-order valence-corrected chi connectivity index (χ3v) is 10.2. The van der Waals surface area contributed by atoms with Crippen molar-refractivity contribution in [1.29, 1.82) is 0 Å². The van der Waals surface area contributed by atoms with Crippen LogP contribution in [0.1, 0.15) is 47.8 Å². The highest BCUT2D eigenvalue weighted by molar-refractivity contribution is 5.92. The molecular formula is C42H44F6N6O8. The van der Waals surface area contributed by atoms with Crippen LogP contribution in [0, 0.1) is 10.1 Å². The highest BCUT2D eigenvalue weighted by Gasteiger charge is 2.38. The van der Waals surface area contributed by atoms with Crippen molar-refractivity contribution < 1.29 is 60.2 Å². The van der Waals surface area contributed by atoms with Crippen LogP contribution in [0.5, 0.6) is 17.2 Å². The lowest BCUT2D eigenvalue weighted by Crippen LogP contribution is -2.50. The van der Waals surface area contributed by atoms with Gasteiger partial charge in [-0.3, -0.25) is 10.1 Å². The molecule has 0 aliphatic carbocycles. The van der Waals surface area contributed by atoms with Gasteiger partial charge in [0.15, 0.2) is 11.5 Å². The van der Waals surface area contributed by atoms with Crippen molar-refractivity contribution in [2.75, 3.05) is 79.5 Å². The van der Waals surface area contributed by atoms with Crippen molar-refractivity contribution in [1.82, 2.24) is 4.90 Å². The number of methoxy groups -OCH3 is 1. The van der Waals surface area contributed by atoms with Gasteiger partial charge in [-0.1, -0.05) is 18.2 Å². The quantitative estimate of drug-likeness (QED) is 0.0841. The van der Waals surface area contributed by atoms with E-state index in [1.165, 1.54) is 36.3 Å². The summed E-state index contributed by atoms with van der Waals surface area (Å²) in [6, 6.07) is 14.9. The lowest BCUT2D eigenvalue weighted by molar-refractivity contribution is -0.384. The van der Waals surface area contributed by atoms with Gasteiger partial charge in [-0.25, -0.2) is 9.59 Å². The fraction of sp³-hybridized carbons (Fsp3) is 0.381. The topological polar surface area (TPSA) is 150 Å². The summed E-state index contributed by atoms with van der Waals surface area (Å²) in [5, 5.41) is 24.3. The van der Waals surface area contributed by atoms with Crippen molar-refractivity contribution in [2.24, 2.45) is 0 Å². The number of nitro benzene ring substituents is 1. The van der Waals surface area contributed by atoms with Gasteiger partial charge >= 0.3 is 24.4 Å². The number of nitro groups is 1. The maximum Gasteiger partial charge on any atom is 0.418 e. The fourth-order valence-electron chi connectivity index (χ4n) is 7.18. The number of anilines is 4. The first kappa shape index (κ1) is 44.9. The smallest absolute Gasteiger partial charge is 0.418 e. The van der Waals surface area contributed by atoms with E-state index in [1.54, 1.807) is 42.7 Å². The van der Waals surface area contributed by atoms with Gasteiger partial charge in [-0.05, 0) is 63.2 Å². The maximum atomic E-state index is 15.1. The number of amides is 1. The van der Waals surface area contributed by atoms with Gasteiger partial charge in [0.2, 0.25) is 0 Å². The predicted molar refractivity (Wildman–Crippen MR) is 218 cm³/mol. The van der Waals surface area contributed by atoms with Crippen LogP contribution in [0.15, 0.2) is 72.8 Å². The number of rotatable bonds is 11. The highest BCUT2D eigenvalue weighted by Crippen LogP contribution is 2.45. The number of halogens is 6. The predicted octanol–water partition coefficient (Wildman–Crippen LogP) is 9.13. The zero-order chi connectivity index (χ0) is 45.1. The molecule has 2 heterocycles. The van der Waals surface area contributed by atoms with Crippen LogP contribution in [0.4, 0.5) is 59.6 Å². The number of carboxylic acid groups (broad SMARTS) is 1. The minimum atomic E-state index is -4.86. The van der Waals surface area contributed by atoms with Gasteiger partial charge < -0.3 is 44.2 Å². The van der Waals surface area contributed by atoms with Crippen LogP contribution in [0.3, 0.4) is 0 Å². The molecule has 2 aliphatic rings. The van der Waals surface area contributed by atoms with E-state index in [0.29, 0.717) is 16.9 Å². The molecule has 0 aromatic heterocycles. The zero-order valence-electron chi connectivity index (χ0n) is 34.1. The number of aromatic carboxylic acids is 1. The van der Waals surface area contributed by atoms with Gasteiger partial charge in [0.1, 0.15) is 16.9 Å². The Labute approximate surface area is 352 Å². The molecule has 0 saturated carbocycles. The van der Waals surface area contributed by atoms with E-state index in [1.807, 2.05) is 4.90 Å². The minimum Gasteiger partial charge on any atom is -0.493 e. The lowest BCUT2D eigenvalue weighted by atomic mass is 10.0. The average molecular weight is 875 g/mol. The van der Waals surface area contributed by atoms with E-state index in [9.17, 15) is 38.0 Å². The van der Waals surface area contributed by atoms with Crippen molar-refractivity contribution in [2.45, 2.75) is 45.3 Å². The molecule has 62 heavy (non-hydrogen) atoms. The fourth-order valence-corrected chi connectivity index (χ4v) is 7.18. The van der Waals surface area contributed by atoms with Gasteiger partial charge in [0.25, 0.3) is 5.69 Å². The Morgan fingerprint density at radius 1 is 0.774 bits per heavy atom. The second kappa shape index (κ2) is 17.8.